The number of nitrogens with two attached hydrogens (primary N) is 1. The van der Waals surface area contributed by atoms with Crippen LogP contribution in [0.15, 0.2) is 22.5 Å². The summed E-state index contributed by atoms with van der Waals surface area (Å²) < 4.78 is 26.1. The van der Waals surface area contributed by atoms with Crippen molar-refractivity contribution in [2.24, 2.45) is 0 Å². The molecule has 1 aromatic heterocycles. The number of halogens is 1. The molecule has 1 aromatic carbocycles. The van der Waals surface area contributed by atoms with Crippen molar-refractivity contribution in [1.82, 2.24) is 10.2 Å². The maximum atomic E-state index is 12.0. The van der Waals surface area contributed by atoms with Gasteiger partial charge in [-0.1, -0.05) is 29.0 Å². The van der Waals surface area contributed by atoms with Crippen LogP contribution in [-0.2, 0) is 10.0 Å². The normalized spacial score (nSPS) is 11.4. The van der Waals surface area contributed by atoms with Crippen molar-refractivity contribution in [2.45, 2.75) is 11.3 Å². The van der Waals surface area contributed by atoms with E-state index in [1.165, 1.54) is 0 Å². The van der Waals surface area contributed by atoms with Crippen molar-refractivity contribution in [3.05, 3.63) is 28.8 Å². The zero-order valence-corrected chi connectivity index (χ0v) is 11.6. The van der Waals surface area contributed by atoms with Gasteiger partial charge in [0, 0.05) is 0 Å². The Balaban J connectivity index is 2.36. The number of aryl methyl sites for hydroxylation is 1. The van der Waals surface area contributed by atoms with Crippen LogP contribution in [-0.4, -0.2) is 18.6 Å². The summed E-state index contributed by atoms with van der Waals surface area (Å²) in [6, 6.07) is 5.02. The molecule has 0 saturated carbocycles. The molecule has 0 aliphatic heterocycles. The molecule has 2 aromatic rings. The topological polar surface area (TPSA) is 98.0 Å². The number of hydrogen-bond acceptors (Lipinski definition) is 6. The first-order valence-corrected chi connectivity index (χ1v) is 7.44. The van der Waals surface area contributed by atoms with Crippen LogP contribution in [0.5, 0.6) is 0 Å². The van der Waals surface area contributed by atoms with Crippen molar-refractivity contribution in [3.63, 3.8) is 0 Å². The first-order chi connectivity index (χ1) is 8.38. The van der Waals surface area contributed by atoms with Gasteiger partial charge in [-0.15, -0.1) is 10.2 Å². The van der Waals surface area contributed by atoms with Gasteiger partial charge >= 0.3 is 0 Å². The summed E-state index contributed by atoms with van der Waals surface area (Å²) in [6.07, 6.45) is 0. The summed E-state index contributed by atoms with van der Waals surface area (Å²) in [5.74, 6) is 0. The van der Waals surface area contributed by atoms with Gasteiger partial charge in [0.2, 0.25) is 5.13 Å². The summed E-state index contributed by atoms with van der Waals surface area (Å²) >= 11 is 6.70. The van der Waals surface area contributed by atoms with Crippen molar-refractivity contribution >= 4 is 43.8 Å². The summed E-state index contributed by atoms with van der Waals surface area (Å²) in [5.41, 5.74) is 6.53. The lowest BCUT2D eigenvalue weighted by Crippen LogP contribution is -2.13. The molecule has 9 heteroatoms. The van der Waals surface area contributed by atoms with Gasteiger partial charge in [-0.05, 0) is 24.6 Å². The van der Waals surface area contributed by atoms with Crippen LogP contribution in [0.25, 0.3) is 0 Å². The number of rotatable bonds is 3. The van der Waals surface area contributed by atoms with Gasteiger partial charge < -0.3 is 5.73 Å². The van der Waals surface area contributed by atoms with E-state index in [1.807, 2.05) is 6.92 Å². The van der Waals surface area contributed by atoms with Crippen LogP contribution < -0.4 is 10.5 Å². The highest BCUT2D eigenvalue weighted by Gasteiger charge is 2.20. The largest absolute Gasteiger partial charge is 0.374 e. The first kappa shape index (κ1) is 13.1. The van der Waals surface area contributed by atoms with E-state index in [9.17, 15) is 8.42 Å². The molecule has 1 heterocycles. The predicted octanol–water partition coefficient (Wildman–Crippen LogP) is 1.88. The van der Waals surface area contributed by atoms with Gasteiger partial charge in [-0.3, -0.25) is 4.72 Å². The predicted molar refractivity (Wildman–Crippen MR) is 71.3 cm³/mol. The summed E-state index contributed by atoms with van der Waals surface area (Å²) in [6.45, 7) is 1.83. The number of benzene rings is 1. The summed E-state index contributed by atoms with van der Waals surface area (Å²) in [5, 5.41) is 7.34. The Bertz CT molecular complexity index is 684. The second-order valence-corrected chi connectivity index (χ2v) is 6.77. The van der Waals surface area contributed by atoms with E-state index in [1.54, 1.807) is 18.2 Å². The first-order valence-electron chi connectivity index (χ1n) is 4.76. The Labute approximate surface area is 113 Å². The number of nitrogen functional groups attached to an aromatic ring is 1. The average molecular weight is 305 g/mol. The molecule has 6 nitrogen and oxygen atoms in total. The van der Waals surface area contributed by atoms with Gasteiger partial charge in [0.1, 0.15) is 0 Å². The lowest BCUT2D eigenvalue weighted by atomic mass is 10.2. The molecular weight excluding hydrogens is 296 g/mol. The fraction of sp³-hybridized carbons (Fsp3) is 0.111. The van der Waals surface area contributed by atoms with Crippen molar-refractivity contribution in [1.29, 1.82) is 0 Å². The number of aromatic nitrogens is 2. The average Bonchev–Trinajstić information content (AvgIpc) is 2.71. The zero-order valence-electron chi connectivity index (χ0n) is 9.21. The SMILES string of the molecule is Cc1ccc(Cl)c(NS(=O)(=O)c2nnc(N)s2)c1. The number of nitrogens with zero attached hydrogens (tertiary/aromatic N) is 2. The number of hydrogen-bond donors (Lipinski definition) is 2. The molecule has 0 spiro atoms. The van der Waals surface area contributed by atoms with Gasteiger partial charge in [-0.2, -0.15) is 8.42 Å². The van der Waals surface area contributed by atoms with E-state index in [0.29, 0.717) is 10.7 Å². The van der Waals surface area contributed by atoms with Crippen LogP contribution in [0.2, 0.25) is 5.02 Å². The molecule has 0 atom stereocenters. The highest BCUT2D eigenvalue weighted by atomic mass is 35.5. The Hall–Kier alpha value is -1.38. The molecule has 0 unspecified atom stereocenters. The van der Waals surface area contributed by atoms with E-state index in [2.05, 4.69) is 14.9 Å². The number of sulfonamides is 1. The maximum absolute atomic E-state index is 12.0. The summed E-state index contributed by atoms with van der Waals surface area (Å²) in [4.78, 5) is 0. The van der Waals surface area contributed by atoms with Crippen molar-refractivity contribution in [2.75, 3.05) is 10.5 Å². The molecule has 0 aliphatic rings. The third kappa shape index (κ3) is 2.71. The lowest BCUT2D eigenvalue weighted by molar-refractivity contribution is 0.599. The van der Waals surface area contributed by atoms with Crippen LogP contribution >= 0.6 is 22.9 Å². The third-order valence-electron chi connectivity index (χ3n) is 2.02. The Morgan fingerprint density at radius 1 is 1.39 bits per heavy atom. The highest BCUT2D eigenvalue weighted by molar-refractivity contribution is 7.94. The standard InChI is InChI=1S/C9H9ClN4O2S2/c1-5-2-3-6(10)7(4-5)14-18(15,16)9-13-12-8(11)17-9/h2-4,14H,1H3,(H2,11,12). The van der Waals surface area contributed by atoms with E-state index in [4.69, 9.17) is 17.3 Å². The van der Waals surface area contributed by atoms with Crippen molar-refractivity contribution < 1.29 is 8.42 Å². The molecule has 0 amide bonds. The molecule has 0 aliphatic carbocycles. The number of anilines is 2. The second-order valence-electron chi connectivity index (χ2n) is 3.50. The molecule has 2 rings (SSSR count). The molecule has 0 radical (unpaired) electrons. The highest BCUT2D eigenvalue weighted by Crippen LogP contribution is 2.26. The molecule has 18 heavy (non-hydrogen) atoms. The van der Waals surface area contributed by atoms with Crippen LogP contribution in [0.3, 0.4) is 0 Å². The van der Waals surface area contributed by atoms with Crippen molar-refractivity contribution in [3.8, 4) is 0 Å². The van der Waals surface area contributed by atoms with E-state index in [-0.39, 0.29) is 9.47 Å². The smallest absolute Gasteiger partial charge is 0.291 e. The van der Waals surface area contributed by atoms with E-state index >= 15 is 0 Å². The zero-order chi connectivity index (χ0) is 13.3. The Morgan fingerprint density at radius 3 is 2.72 bits per heavy atom. The third-order valence-corrected chi connectivity index (χ3v) is 4.83. The second kappa shape index (κ2) is 4.71. The van der Waals surface area contributed by atoms with E-state index in [0.717, 1.165) is 16.9 Å². The minimum Gasteiger partial charge on any atom is -0.374 e. The minimum atomic E-state index is -3.80. The molecule has 3 N–H and O–H groups in total. The van der Waals surface area contributed by atoms with Gasteiger partial charge in [0.05, 0.1) is 10.7 Å². The fourth-order valence-corrected chi connectivity index (χ4v) is 3.31. The molecular formula is C9H9ClN4O2S2. The van der Waals surface area contributed by atoms with Crippen LogP contribution in [0.1, 0.15) is 5.56 Å². The molecule has 0 bridgehead atoms. The van der Waals surface area contributed by atoms with Gasteiger partial charge in [-0.25, -0.2) is 0 Å². The number of nitrogens with one attached hydrogen (secondary N) is 1. The molecule has 0 saturated heterocycles. The fourth-order valence-electron chi connectivity index (χ4n) is 1.23. The van der Waals surface area contributed by atoms with Crippen LogP contribution in [0.4, 0.5) is 10.8 Å². The monoisotopic (exact) mass is 304 g/mol. The van der Waals surface area contributed by atoms with Gasteiger partial charge in [0.15, 0.2) is 0 Å². The molecule has 96 valence electrons. The minimum absolute atomic E-state index is 0.0886. The Kier molecular flexibility index (Phi) is 3.42. The van der Waals surface area contributed by atoms with Crippen LogP contribution in [0, 0.1) is 6.92 Å². The van der Waals surface area contributed by atoms with Gasteiger partial charge in [0.25, 0.3) is 14.4 Å². The quantitative estimate of drug-likeness (QED) is 0.902. The summed E-state index contributed by atoms with van der Waals surface area (Å²) in [7, 11) is -3.80. The molecule has 0 fully saturated rings. The maximum Gasteiger partial charge on any atom is 0.291 e. The lowest BCUT2D eigenvalue weighted by Gasteiger charge is -2.07. The van der Waals surface area contributed by atoms with E-state index < -0.39 is 10.0 Å². The Morgan fingerprint density at radius 2 is 2.11 bits per heavy atom.